The van der Waals surface area contributed by atoms with Crippen LogP contribution in [0, 0.1) is 0 Å². The molecule has 24 heavy (non-hydrogen) atoms. The van der Waals surface area contributed by atoms with Crippen molar-refractivity contribution in [3.63, 3.8) is 0 Å². The highest BCUT2D eigenvalue weighted by molar-refractivity contribution is 5.88. The van der Waals surface area contributed by atoms with Crippen LogP contribution in [0.3, 0.4) is 0 Å². The van der Waals surface area contributed by atoms with Crippen molar-refractivity contribution in [1.82, 2.24) is 5.32 Å². The van der Waals surface area contributed by atoms with Crippen LogP contribution in [0.5, 0.6) is 5.75 Å². The van der Waals surface area contributed by atoms with Crippen LogP contribution in [-0.4, -0.2) is 24.1 Å². The van der Waals surface area contributed by atoms with E-state index in [-0.39, 0.29) is 23.9 Å². The van der Waals surface area contributed by atoms with Gasteiger partial charge in [0.25, 0.3) is 0 Å². The number of ether oxygens (including phenoxy) is 1. The van der Waals surface area contributed by atoms with Crippen molar-refractivity contribution >= 4 is 11.9 Å². The molecule has 1 unspecified atom stereocenters. The smallest absolute Gasteiger partial charge is 0.335 e. The predicted octanol–water partition coefficient (Wildman–Crippen LogP) is 2.74. The number of fused-ring (bicyclic) bond motifs is 1. The van der Waals surface area contributed by atoms with Gasteiger partial charge in [0.15, 0.2) is 0 Å². The van der Waals surface area contributed by atoms with E-state index in [9.17, 15) is 9.59 Å². The second kappa shape index (κ2) is 6.74. The average Bonchev–Trinajstić information content (AvgIpc) is 2.98. The topological polar surface area (TPSA) is 75.6 Å². The summed E-state index contributed by atoms with van der Waals surface area (Å²) in [5.41, 5.74) is 3.13. The fourth-order valence-electron chi connectivity index (χ4n) is 3.21. The van der Waals surface area contributed by atoms with Crippen molar-refractivity contribution in [1.29, 1.82) is 0 Å². The molecule has 2 aromatic rings. The van der Waals surface area contributed by atoms with E-state index in [2.05, 4.69) is 5.32 Å². The molecule has 5 heteroatoms. The molecule has 0 aliphatic heterocycles. The van der Waals surface area contributed by atoms with Gasteiger partial charge in [0.05, 0.1) is 25.1 Å². The van der Waals surface area contributed by atoms with E-state index in [1.807, 2.05) is 18.2 Å². The third kappa shape index (κ3) is 3.25. The van der Waals surface area contributed by atoms with Crippen molar-refractivity contribution < 1.29 is 19.4 Å². The molecule has 0 saturated carbocycles. The van der Waals surface area contributed by atoms with Crippen LogP contribution in [0.2, 0.25) is 0 Å². The molecule has 2 N–H and O–H groups in total. The summed E-state index contributed by atoms with van der Waals surface area (Å²) in [5.74, 6) is -0.245. The first kappa shape index (κ1) is 16.1. The zero-order chi connectivity index (χ0) is 17.1. The third-order valence-corrected chi connectivity index (χ3v) is 4.32. The van der Waals surface area contributed by atoms with E-state index >= 15 is 0 Å². The summed E-state index contributed by atoms with van der Waals surface area (Å²) in [7, 11) is 1.65. The molecule has 124 valence electrons. The molecular formula is C19H19NO4. The third-order valence-electron chi connectivity index (χ3n) is 4.32. The number of nitrogens with one attached hydrogen (secondary N) is 1. The summed E-state index contributed by atoms with van der Waals surface area (Å²) < 4.78 is 5.37. The van der Waals surface area contributed by atoms with Gasteiger partial charge in [-0.3, -0.25) is 4.79 Å². The van der Waals surface area contributed by atoms with Crippen LogP contribution in [0.1, 0.15) is 39.5 Å². The Bertz CT molecular complexity index is 785. The van der Waals surface area contributed by atoms with Crippen molar-refractivity contribution in [3.05, 3.63) is 64.7 Å². The van der Waals surface area contributed by atoms with Crippen molar-refractivity contribution in [2.24, 2.45) is 0 Å². The Morgan fingerprint density at radius 3 is 2.79 bits per heavy atom. The quantitative estimate of drug-likeness (QED) is 0.886. The van der Waals surface area contributed by atoms with Gasteiger partial charge >= 0.3 is 5.97 Å². The lowest BCUT2D eigenvalue weighted by Gasteiger charge is -2.15. The van der Waals surface area contributed by atoms with Gasteiger partial charge in [0.2, 0.25) is 5.91 Å². The van der Waals surface area contributed by atoms with Crippen LogP contribution >= 0.6 is 0 Å². The molecule has 0 aromatic heterocycles. The van der Waals surface area contributed by atoms with E-state index in [4.69, 9.17) is 9.84 Å². The average molecular weight is 325 g/mol. The van der Waals surface area contributed by atoms with Crippen LogP contribution in [0.25, 0.3) is 0 Å². The molecule has 2 aromatic carbocycles. The van der Waals surface area contributed by atoms with Gasteiger partial charge in [0.1, 0.15) is 5.75 Å². The van der Waals surface area contributed by atoms with Crippen molar-refractivity contribution in [2.45, 2.75) is 25.3 Å². The minimum atomic E-state index is -0.992. The number of benzene rings is 2. The lowest BCUT2D eigenvalue weighted by Crippen LogP contribution is -2.28. The fourth-order valence-corrected chi connectivity index (χ4v) is 3.21. The Morgan fingerprint density at radius 1 is 1.25 bits per heavy atom. The van der Waals surface area contributed by atoms with Crippen LogP contribution in [0.4, 0.5) is 0 Å². The minimum Gasteiger partial charge on any atom is -0.496 e. The minimum absolute atomic E-state index is 0.0229. The Balaban J connectivity index is 1.69. The molecule has 0 spiro atoms. The maximum absolute atomic E-state index is 12.3. The molecule has 0 fully saturated rings. The highest BCUT2D eigenvalue weighted by Gasteiger charge is 2.26. The second-order valence-corrected chi connectivity index (χ2v) is 5.87. The first-order valence-corrected chi connectivity index (χ1v) is 7.86. The van der Waals surface area contributed by atoms with E-state index in [1.54, 1.807) is 19.2 Å². The summed E-state index contributed by atoms with van der Waals surface area (Å²) >= 11 is 0. The zero-order valence-corrected chi connectivity index (χ0v) is 13.4. The SMILES string of the molecule is COc1cccc2c1CCC2NC(=O)Cc1cccc(C(=O)O)c1. The molecule has 0 heterocycles. The molecule has 1 amide bonds. The van der Waals surface area contributed by atoms with Crippen molar-refractivity contribution in [2.75, 3.05) is 7.11 Å². The first-order valence-electron chi connectivity index (χ1n) is 7.86. The van der Waals surface area contributed by atoms with E-state index in [0.29, 0.717) is 5.56 Å². The standard InChI is InChI=1S/C19H19NO4/c1-24-17-7-3-6-14-15(17)8-9-16(14)20-18(21)11-12-4-2-5-13(10-12)19(22)23/h2-7,10,16H,8-9,11H2,1H3,(H,20,21)(H,22,23). The highest BCUT2D eigenvalue weighted by Crippen LogP contribution is 2.36. The molecule has 0 radical (unpaired) electrons. The normalized spacial score (nSPS) is 15.6. The number of carboxylic acids is 1. The monoisotopic (exact) mass is 325 g/mol. The molecule has 3 rings (SSSR count). The summed E-state index contributed by atoms with van der Waals surface area (Å²) in [6.07, 6.45) is 1.88. The molecule has 0 saturated heterocycles. The number of aromatic carboxylic acids is 1. The van der Waals surface area contributed by atoms with Crippen LogP contribution in [-0.2, 0) is 17.6 Å². The number of hydrogen-bond acceptors (Lipinski definition) is 3. The van der Waals surface area contributed by atoms with E-state index in [1.165, 1.54) is 12.1 Å². The molecule has 5 nitrogen and oxygen atoms in total. The summed E-state index contributed by atoms with van der Waals surface area (Å²) in [6.45, 7) is 0. The predicted molar refractivity (Wildman–Crippen MR) is 89.3 cm³/mol. The van der Waals surface area contributed by atoms with E-state index < -0.39 is 5.97 Å². The maximum Gasteiger partial charge on any atom is 0.335 e. The van der Waals surface area contributed by atoms with Gasteiger partial charge in [-0.15, -0.1) is 0 Å². The second-order valence-electron chi connectivity index (χ2n) is 5.87. The fraction of sp³-hybridized carbons (Fsp3) is 0.263. The number of methoxy groups -OCH3 is 1. The van der Waals surface area contributed by atoms with Gasteiger partial charge < -0.3 is 15.2 Å². The number of hydrogen-bond donors (Lipinski definition) is 2. The molecule has 1 aliphatic carbocycles. The molecular weight excluding hydrogens is 306 g/mol. The van der Waals surface area contributed by atoms with Gasteiger partial charge in [-0.1, -0.05) is 24.3 Å². The maximum atomic E-state index is 12.3. The number of carboxylic acid groups (broad SMARTS) is 1. The molecule has 0 bridgehead atoms. The largest absolute Gasteiger partial charge is 0.496 e. The van der Waals surface area contributed by atoms with Gasteiger partial charge in [-0.05, 0) is 47.7 Å². The van der Waals surface area contributed by atoms with E-state index in [0.717, 1.165) is 29.7 Å². The summed E-state index contributed by atoms with van der Waals surface area (Å²) in [5, 5.41) is 12.1. The Kier molecular flexibility index (Phi) is 4.51. The number of carbonyl (C=O) groups excluding carboxylic acids is 1. The summed E-state index contributed by atoms with van der Waals surface area (Å²) in [6, 6.07) is 12.3. The number of rotatable bonds is 5. The van der Waals surface area contributed by atoms with Crippen molar-refractivity contribution in [3.8, 4) is 5.75 Å². The summed E-state index contributed by atoms with van der Waals surface area (Å²) in [4.78, 5) is 23.3. The highest BCUT2D eigenvalue weighted by atomic mass is 16.5. The first-order chi connectivity index (χ1) is 11.6. The Labute approximate surface area is 140 Å². The van der Waals surface area contributed by atoms with Crippen LogP contribution in [0.15, 0.2) is 42.5 Å². The molecule has 1 aliphatic rings. The Hall–Kier alpha value is -2.82. The van der Waals surface area contributed by atoms with Crippen LogP contribution < -0.4 is 10.1 Å². The lowest BCUT2D eigenvalue weighted by molar-refractivity contribution is -0.121. The number of carbonyl (C=O) groups is 2. The Morgan fingerprint density at radius 2 is 2.04 bits per heavy atom. The van der Waals surface area contributed by atoms with Gasteiger partial charge in [-0.25, -0.2) is 4.79 Å². The lowest BCUT2D eigenvalue weighted by atomic mass is 10.1. The van der Waals surface area contributed by atoms with Gasteiger partial charge in [-0.2, -0.15) is 0 Å². The zero-order valence-electron chi connectivity index (χ0n) is 13.4. The molecule has 1 atom stereocenters. The van der Waals surface area contributed by atoms with Gasteiger partial charge in [0, 0.05) is 0 Å². The number of amides is 1.